The van der Waals surface area contributed by atoms with Gasteiger partial charge in [0.25, 0.3) is 0 Å². The molecule has 1 atom stereocenters. The zero-order valence-corrected chi connectivity index (χ0v) is 9.90. The van der Waals surface area contributed by atoms with E-state index >= 15 is 0 Å². The Labute approximate surface area is 95.4 Å². The van der Waals surface area contributed by atoms with Crippen LogP contribution in [0, 0.1) is 6.92 Å². The molecule has 0 N–H and O–H groups in total. The molecule has 1 fully saturated rings. The second-order valence-electron chi connectivity index (χ2n) is 4.76. The number of hydrogen-bond donors (Lipinski definition) is 0. The van der Waals surface area contributed by atoms with Crippen LogP contribution in [0.25, 0.3) is 0 Å². The second kappa shape index (κ2) is 3.64. The monoisotopic (exact) mass is 222 g/mol. The summed E-state index contributed by atoms with van der Waals surface area (Å²) in [7, 11) is 0. The lowest BCUT2D eigenvalue weighted by Gasteiger charge is -2.24. The molecule has 80 valence electrons. The molecular weight excluding hydrogens is 208 g/mol. The molecule has 1 aromatic carbocycles. The Morgan fingerprint density at radius 1 is 1.40 bits per heavy atom. The molecule has 1 nitrogen and oxygen atoms in total. The normalized spacial score (nSPS) is 25.9. The Kier molecular flexibility index (Phi) is 2.59. The maximum Gasteiger partial charge on any atom is 0.133 e. The van der Waals surface area contributed by atoms with E-state index in [0.29, 0.717) is 18.6 Å². The highest BCUT2D eigenvalue weighted by molar-refractivity contribution is 6.31. The fourth-order valence-corrected chi connectivity index (χ4v) is 2.70. The van der Waals surface area contributed by atoms with Crippen molar-refractivity contribution in [2.24, 2.45) is 0 Å². The molecule has 1 aliphatic rings. The predicted octanol–water partition coefficient (Wildman–Crippen LogP) is 3.66. The number of carbonyl (C=O) groups excluding carboxylic acids is 1. The Bertz CT molecular complexity index is 411. The maximum atomic E-state index is 11.4. The zero-order valence-electron chi connectivity index (χ0n) is 9.14. The molecule has 0 heterocycles. The summed E-state index contributed by atoms with van der Waals surface area (Å²) in [6.07, 6.45) is 2.26. The van der Waals surface area contributed by atoms with E-state index in [1.54, 1.807) is 0 Å². The summed E-state index contributed by atoms with van der Waals surface area (Å²) < 4.78 is 0. The van der Waals surface area contributed by atoms with Gasteiger partial charge in [-0.15, -0.1) is 0 Å². The highest BCUT2D eigenvalue weighted by Gasteiger charge is 2.36. The van der Waals surface area contributed by atoms with Crippen molar-refractivity contribution in [1.29, 1.82) is 0 Å². The summed E-state index contributed by atoms with van der Waals surface area (Å²) in [6.45, 7) is 4.19. The van der Waals surface area contributed by atoms with E-state index in [1.165, 1.54) is 5.56 Å². The minimum atomic E-state index is -0.0415. The Hall–Kier alpha value is -0.820. The van der Waals surface area contributed by atoms with Gasteiger partial charge in [-0.25, -0.2) is 0 Å². The first kappa shape index (κ1) is 10.7. The van der Waals surface area contributed by atoms with E-state index in [4.69, 9.17) is 11.6 Å². The van der Waals surface area contributed by atoms with Crippen molar-refractivity contribution >= 4 is 17.4 Å². The summed E-state index contributed by atoms with van der Waals surface area (Å²) in [6, 6.07) is 6.05. The van der Waals surface area contributed by atoms with Crippen LogP contribution in [-0.2, 0) is 10.2 Å². The largest absolute Gasteiger partial charge is 0.300 e. The molecule has 0 aliphatic heterocycles. The van der Waals surface area contributed by atoms with Crippen molar-refractivity contribution in [2.45, 2.75) is 38.5 Å². The SMILES string of the molecule is Cc1ccc(Cl)c(C2(C)CCC(=O)C2)c1. The zero-order chi connectivity index (χ0) is 11.1. The van der Waals surface area contributed by atoms with E-state index in [-0.39, 0.29) is 5.41 Å². The summed E-state index contributed by atoms with van der Waals surface area (Å²) in [4.78, 5) is 11.4. The molecular formula is C13H15ClO. The van der Waals surface area contributed by atoms with Gasteiger partial charge in [0, 0.05) is 23.3 Å². The summed E-state index contributed by atoms with van der Waals surface area (Å²) in [5.41, 5.74) is 2.30. The van der Waals surface area contributed by atoms with Crippen LogP contribution in [0.3, 0.4) is 0 Å². The molecule has 0 bridgehead atoms. The predicted molar refractivity (Wildman–Crippen MR) is 62.4 cm³/mol. The van der Waals surface area contributed by atoms with Gasteiger partial charge >= 0.3 is 0 Å². The van der Waals surface area contributed by atoms with Gasteiger partial charge < -0.3 is 0 Å². The molecule has 1 unspecified atom stereocenters. The Morgan fingerprint density at radius 3 is 2.73 bits per heavy atom. The first-order valence-corrected chi connectivity index (χ1v) is 5.67. The average molecular weight is 223 g/mol. The van der Waals surface area contributed by atoms with Crippen molar-refractivity contribution in [2.75, 3.05) is 0 Å². The van der Waals surface area contributed by atoms with Crippen LogP contribution in [0.15, 0.2) is 18.2 Å². The van der Waals surface area contributed by atoms with Crippen LogP contribution in [0.2, 0.25) is 5.02 Å². The molecule has 0 saturated heterocycles. The molecule has 15 heavy (non-hydrogen) atoms. The van der Waals surface area contributed by atoms with E-state index in [2.05, 4.69) is 19.9 Å². The van der Waals surface area contributed by atoms with Gasteiger partial charge in [-0.1, -0.05) is 36.2 Å². The third-order valence-electron chi connectivity index (χ3n) is 3.32. The highest BCUT2D eigenvalue weighted by Crippen LogP contribution is 2.42. The lowest BCUT2D eigenvalue weighted by Crippen LogP contribution is -2.18. The second-order valence-corrected chi connectivity index (χ2v) is 5.17. The van der Waals surface area contributed by atoms with Crippen molar-refractivity contribution in [3.63, 3.8) is 0 Å². The van der Waals surface area contributed by atoms with E-state index in [9.17, 15) is 4.79 Å². The lowest BCUT2D eigenvalue weighted by atomic mass is 9.80. The smallest absolute Gasteiger partial charge is 0.133 e. The number of hydrogen-bond acceptors (Lipinski definition) is 1. The van der Waals surface area contributed by atoms with Gasteiger partial charge in [-0.05, 0) is 25.0 Å². The van der Waals surface area contributed by atoms with Crippen LogP contribution in [-0.4, -0.2) is 5.78 Å². The van der Waals surface area contributed by atoms with Crippen molar-refractivity contribution in [1.82, 2.24) is 0 Å². The molecule has 1 aromatic rings. The van der Waals surface area contributed by atoms with Gasteiger partial charge in [-0.3, -0.25) is 4.79 Å². The Morgan fingerprint density at radius 2 is 2.13 bits per heavy atom. The topological polar surface area (TPSA) is 17.1 Å². The highest BCUT2D eigenvalue weighted by atomic mass is 35.5. The quantitative estimate of drug-likeness (QED) is 0.709. The third kappa shape index (κ3) is 1.93. The van der Waals surface area contributed by atoms with Gasteiger partial charge in [-0.2, -0.15) is 0 Å². The number of benzene rings is 1. The number of aryl methyl sites for hydroxylation is 1. The number of Topliss-reactive ketones (excluding diaryl/α,β-unsaturated/α-hetero) is 1. The molecule has 2 rings (SSSR count). The van der Waals surface area contributed by atoms with Crippen LogP contribution < -0.4 is 0 Å². The van der Waals surface area contributed by atoms with Crippen LogP contribution in [0.1, 0.15) is 37.3 Å². The molecule has 0 spiro atoms. The fourth-order valence-electron chi connectivity index (χ4n) is 2.36. The number of halogens is 1. The first-order valence-electron chi connectivity index (χ1n) is 5.30. The summed E-state index contributed by atoms with van der Waals surface area (Å²) in [5, 5.41) is 0.790. The standard InChI is InChI=1S/C13H15ClO/c1-9-3-4-12(14)11(7-9)13(2)6-5-10(15)8-13/h3-4,7H,5-6,8H2,1-2H3. The van der Waals surface area contributed by atoms with Gasteiger partial charge in [0.2, 0.25) is 0 Å². The molecule has 0 aromatic heterocycles. The molecule has 1 aliphatic carbocycles. The fraction of sp³-hybridized carbons (Fsp3) is 0.462. The maximum absolute atomic E-state index is 11.4. The number of rotatable bonds is 1. The average Bonchev–Trinajstić information content (AvgIpc) is 2.52. The molecule has 0 amide bonds. The van der Waals surface area contributed by atoms with E-state index in [0.717, 1.165) is 17.0 Å². The van der Waals surface area contributed by atoms with Crippen molar-refractivity contribution in [3.05, 3.63) is 34.3 Å². The molecule has 2 heteroatoms. The van der Waals surface area contributed by atoms with Crippen molar-refractivity contribution in [3.8, 4) is 0 Å². The van der Waals surface area contributed by atoms with Gasteiger partial charge in [0.1, 0.15) is 5.78 Å². The third-order valence-corrected chi connectivity index (χ3v) is 3.64. The van der Waals surface area contributed by atoms with Crippen LogP contribution >= 0.6 is 11.6 Å². The summed E-state index contributed by atoms with van der Waals surface area (Å²) >= 11 is 6.20. The van der Waals surface area contributed by atoms with Crippen LogP contribution in [0.4, 0.5) is 0 Å². The summed E-state index contributed by atoms with van der Waals surface area (Å²) in [5.74, 6) is 0.357. The van der Waals surface area contributed by atoms with E-state index in [1.807, 2.05) is 12.1 Å². The van der Waals surface area contributed by atoms with E-state index < -0.39 is 0 Å². The molecule has 1 saturated carbocycles. The van der Waals surface area contributed by atoms with Crippen molar-refractivity contribution < 1.29 is 4.79 Å². The minimum absolute atomic E-state index is 0.0415. The number of ketones is 1. The van der Waals surface area contributed by atoms with Gasteiger partial charge in [0.05, 0.1) is 0 Å². The molecule has 0 radical (unpaired) electrons. The number of carbonyl (C=O) groups is 1. The first-order chi connectivity index (χ1) is 7.01. The van der Waals surface area contributed by atoms with Crippen LogP contribution in [0.5, 0.6) is 0 Å². The lowest BCUT2D eigenvalue weighted by molar-refractivity contribution is -0.117. The minimum Gasteiger partial charge on any atom is -0.300 e. The van der Waals surface area contributed by atoms with Gasteiger partial charge in [0.15, 0.2) is 0 Å². The Balaban J connectivity index is 2.44.